The van der Waals surface area contributed by atoms with Gasteiger partial charge in [0, 0.05) is 11.6 Å². The second-order valence-electron chi connectivity index (χ2n) is 3.74. The topological polar surface area (TPSA) is 37.9 Å². The lowest BCUT2D eigenvalue weighted by Gasteiger charge is -2.04. The average Bonchev–Trinajstić information content (AvgIpc) is 2.72. The third kappa shape index (κ3) is 1.55. The normalized spacial score (nSPS) is 18.0. The van der Waals surface area contributed by atoms with Gasteiger partial charge in [-0.3, -0.25) is 0 Å². The number of nitrogens with one attached hydrogen (secondary N) is 1. The van der Waals surface area contributed by atoms with E-state index in [4.69, 9.17) is 4.74 Å². The lowest BCUT2D eigenvalue weighted by atomic mass is 10.0. The minimum absolute atomic E-state index is 0.652. The van der Waals surface area contributed by atoms with Crippen LogP contribution < -0.4 is 4.74 Å². The summed E-state index contributed by atoms with van der Waals surface area (Å²) >= 11 is 0. The number of methoxy groups -OCH3 is 1. The molecule has 1 aromatic rings. The molecule has 1 aromatic heterocycles. The van der Waals surface area contributed by atoms with Crippen LogP contribution in [0.2, 0.25) is 0 Å². The van der Waals surface area contributed by atoms with Gasteiger partial charge in [-0.15, -0.1) is 0 Å². The molecule has 0 saturated heterocycles. The molecule has 1 N–H and O–H groups in total. The molecular formula is C10H16N2O. The van der Waals surface area contributed by atoms with Gasteiger partial charge in [0.1, 0.15) is 0 Å². The molecule has 3 nitrogen and oxygen atoms in total. The lowest BCUT2D eigenvalue weighted by Crippen LogP contribution is -1.94. The van der Waals surface area contributed by atoms with Crippen LogP contribution in [0, 0.1) is 6.92 Å². The van der Waals surface area contributed by atoms with Gasteiger partial charge in [0.05, 0.1) is 12.8 Å². The molecule has 1 saturated carbocycles. The number of aryl methyl sites for hydroxylation is 1. The average molecular weight is 180 g/mol. The zero-order chi connectivity index (χ0) is 9.26. The van der Waals surface area contributed by atoms with E-state index in [2.05, 4.69) is 16.9 Å². The van der Waals surface area contributed by atoms with Gasteiger partial charge >= 0.3 is 0 Å². The maximum Gasteiger partial charge on any atom is 0.293 e. The second-order valence-corrected chi connectivity index (χ2v) is 3.74. The van der Waals surface area contributed by atoms with E-state index in [1.54, 1.807) is 7.11 Å². The summed E-state index contributed by atoms with van der Waals surface area (Å²) in [5.74, 6) is 0.667. The Morgan fingerprint density at radius 3 is 2.62 bits per heavy atom. The molecule has 0 radical (unpaired) electrons. The molecule has 1 aliphatic carbocycles. The molecule has 3 heteroatoms. The molecule has 0 aromatic carbocycles. The Balaban J connectivity index is 2.22. The van der Waals surface area contributed by atoms with Crippen LogP contribution in [0.25, 0.3) is 0 Å². The van der Waals surface area contributed by atoms with E-state index in [1.807, 2.05) is 0 Å². The first kappa shape index (κ1) is 8.60. The molecule has 0 bridgehead atoms. The summed E-state index contributed by atoms with van der Waals surface area (Å²) in [5.41, 5.74) is 2.39. The zero-order valence-corrected chi connectivity index (χ0v) is 8.26. The van der Waals surface area contributed by atoms with E-state index in [0.717, 1.165) is 0 Å². The minimum atomic E-state index is 0.652. The zero-order valence-electron chi connectivity index (χ0n) is 8.26. The number of aromatic amines is 1. The molecule has 72 valence electrons. The van der Waals surface area contributed by atoms with Gasteiger partial charge in [0.15, 0.2) is 0 Å². The number of rotatable bonds is 2. The minimum Gasteiger partial charge on any atom is -0.468 e. The van der Waals surface area contributed by atoms with Gasteiger partial charge in [-0.2, -0.15) is 4.98 Å². The Morgan fingerprint density at radius 2 is 2.08 bits per heavy atom. The van der Waals surface area contributed by atoms with Gasteiger partial charge in [-0.1, -0.05) is 12.8 Å². The van der Waals surface area contributed by atoms with Crippen LogP contribution in [0.4, 0.5) is 0 Å². The van der Waals surface area contributed by atoms with Crippen molar-refractivity contribution in [1.29, 1.82) is 0 Å². The van der Waals surface area contributed by atoms with E-state index in [0.29, 0.717) is 11.9 Å². The largest absolute Gasteiger partial charge is 0.468 e. The van der Waals surface area contributed by atoms with Crippen LogP contribution in [-0.2, 0) is 0 Å². The highest BCUT2D eigenvalue weighted by Crippen LogP contribution is 2.35. The molecule has 0 aliphatic heterocycles. The number of hydrogen-bond acceptors (Lipinski definition) is 2. The maximum atomic E-state index is 5.07. The Morgan fingerprint density at radius 1 is 1.38 bits per heavy atom. The third-order valence-electron chi connectivity index (χ3n) is 2.84. The molecule has 1 aliphatic rings. The van der Waals surface area contributed by atoms with Crippen molar-refractivity contribution in [2.75, 3.05) is 7.11 Å². The number of ether oxygens (including phenoxy) is 1. The Bertz CT molecular complexity index is 287. The summed E-state index contributed by atoms with van der Waals surface area (Å²) in [6, 6.07) is 0.652. The highest BCUT2D eigenvalue weighted by molar-refractivity contribution is 5.20. The predicted octanol–water partition coefficient (Wildman–Crippen LogP) is 2.38. The van der Waals surface area contributed by atoms with Crippen LogP contribution in [0.5, 0.6) is 6.01 Å². The summed E-state index contributed by atoms with van der Waals surface area (Å²) in [6.07, 6.45) is 5.27. The summed E-state index contributed by atoms with van der Waals surface area (Å²) in [7, 11) is 1.65. The van der Waals surface area contributed by atoms with Crippen molar-refractivity contribution >= 4 is 0 Å². The Labute approximate surface area is 78.5 Å². The monoisotopic (exact) mass is 180 g/mol. The molecule has 13 heavy (non-hydrogen) atoms. The smallest absolute Gasteiger partial charge is 0.293 e. The van der Waals surface area contributed by atoms with Crippen molar-refractivity contribution in [2.24, 2.45) is 0 Å². The Kier molecular flexibility index (Phi) is 2.25. The van der Waals surface area contributed by atoms with E-state index in [1.165, 1.54) is 37.1 Å². The van der Waals surface area contributed by atoms with Crippen LogP contribution in [0.15, 0.2) is 0 Å². The fourth-order valence-electron chi connectivity index (χ4n) is 2.14. The molecule has 0 atom stereocenters. The van der Waals surface area contributed by atoms with Gasteiger partial charge in [-0.05, 0) is 19.8 Å². The fraction of sp³-hybridized carbons (Fsp3) is 0.700. The number of hydrogen-bond donors (Lipinski definition) is 1. The van der Waals surface area contributed by atoms with Gasteiger partial charge in [0.25, 0.3) is 6.01 Å². The van der Waals surface area contributed by atoms with E-state index in [9.17, 15) is 0 Å². The van der Waals surface area contributed by atoms with Crippen LogP contribution in [0.3, 0.4) is 0 Å². The van der Waals surface area contributed by atoms with Crippen molar-refractivity contribution in [1.82, 2.24) is 9.97 Å². The van der Waals surface area contributed by atoms with E-state index in [-0.39, 0.29) is 0 Å². The van der Waals surface area contributed by atoms with Crippen molar-refractivity contribution in [3.05, 3.63) is 11.4 Å². The predicted molar refractivity (Wildman–Crippen MR) is 51.1 cm³/mol. The summed E-state index contributed by atoms with van der Waals surface area (Å²) in [5, 5.41) is 0. The van der Waals surface area contributed by atoms with Crippen LogP contribution in [0.1, 0.15) is 43.0 Å². The fourth-order valence-corrected chi connectivity index (χ4v) is 2.14. The summed E-state index contributed by atoms with van der Waals surface area (Å²) in [4.78, 5) is 7.57. The van der Waals surface area contributed by atoms with Crippen LogP contribution >= 0.6 is 0 Å². The summed E-state index contributed by atoms with van der Waals surface area (Å²) < 4.78 is 5.07. The number of nitrogens with zero attached hydrogens (tertiary/aromatic N) is 1. The van der Waals surface area contributed by atoms with E-state index < -0.39 is 0 Å². The maximum absolute atomic E-state index is 5.07. The first-order valence-corrected chi connectivity index (χ1v) is 4.91. The summed E-state index contributed by atoms with van der Waals surface area (Å²) in [6.45, 7) is 2.07. The van der Waals surface area contributed by atoms with Gasteiger partial charge in [0.2, 0.25) is 0 Å². The number of aromatic nitrogens is 2. The quantitative estimate of drug-likeness (QED) is 0.758. The van der Waals surface area contributed by atoms with Crippen molar-refractivity contribution < 1.29 is 4.74 Å². The SMILES string of the molecule is COc1nc(C2CCCC2)c(C)[nH]1. The number of H-pyrrole nitrogens is 1. The second kappa shape index (κ2) is 3.40. The lowest BCUT2D eigenvalue weighted by molar-refractivity contribution is 0.383. The Hall–Kier alpha value is -0.990. The molecule has 2 rings (SSSR count). The van der Waals surface area contributed by atoms with Crippen LogP contribution in [-0.4, -0.2) is 17.1 Å². The standard InChI is InChI=1S/C10H16N2O/c1-7-9(8-5-3-4-6-8)12-10(11-7)13-2/h8H,3-6H2,1-2H3,(H,11,12). The van der Waals surface area contributed by atoms with Gasteiger partial charge < -0.3 is 9.72 Å². The van der Waals surface area contributed by atoms with Crippen molar-refractivity contribution in [3.63, 3.8) is 0 Å². The third-order valence-corrected chi connectivity index (χ3v) is 2.84. The molecule has 0 amide bonds. The van der Waals surface area contributed by atoms with Crippen molar-refractivity contribution in [2.45, 2.75) is 38.5 Å². The molecule has 0 spiro atoms. The van der Waals surface area contributed by atoms with Gasteiger partial charge in [-0.25, -0.2) is 0 Å². The molecule has 1 fully saturated rings. The first-order chi connectivity index (χ1) is 6.31. The number of imidazole rings is 1. The molecule has 1 heterocycles. The van der Waals surface area contributed by atoms with Crippen molar-refractivity contribution in [3.8, 4) is 6.01 Å². The highest BCUT2D eigenvalue weighted by atomic mass is 16.5. The highest BCUT2D eigenvalue weighted by Gasteiger charge is 2.22. The molecule has 0 unspecified atom stereocenters. The first-order valence-electron chi connectivity index (χ1n) is 4.91. The molecular weight excluding hydrogens is 164 g/mol. The van der Waals surface area contributed by atoms with E-state index >= 15 is 0 Å².